The molecule has 5 nitrogen and oxygen atoms in total. The monoisotopic (exact) mass is 256 g/mol. The number of halogens is 1. The van der Waals surface area contributed by atoms with Crippen molar-refractivity contribution < 1.29 is 27.3 Å². The van der Waals surface area contributed by atoms with E-state index in [0.29, 0.717) is 0 Å². The molecule has 1 unspecified atom stereocenters. The molecule has 0 saturated carbocycles. The summed E-state index contributed by atoms with van der Waals surface area (Å²) in [5, 5.41) is 0. The highest BCUT2D eigenvalue weighted by Gasteiger charge is 2.50. The molecule has 1 aliphatic heterocycles. The van der Waals surface area contributed by atoms with Gasteiger partial charge in [-0.3, -0.25) is 13.6 Å². The maximum atomic E-state index is 13.8. The van der Waals surface area contributed by atoms with Gasteiger partial charge >= 0.3 is 7.82 Å². The quantitative estimate of drug-likeness (QED) is 0.723. The van der Waals surface area contributed by atoms with Gasteiger partial charge in [0.05, 0.1) is 6.61 Å². The average molecular weight is 256 g/mol. The summed E-state index contributed by atoms with van der Waals surface area (Å²) in [5.41, 5.74) is 0. The van der Waals surface area contributed by atoms with E-state index in [2.05, 4.69) is 4.74 Å². The Morgan fingerprint density at radius 1 is 1.62 bits per heavy atom. The molecule has 1 fully saturated rings. The predicted octanol–water partition coefficient (Wildman–Crippen LogP) is 2.51. The molecule has 0 radical (unpaired) electrons. The first-order valence-corrected chi connectivity index (χ1v) is 6.59. The summed E-state index contributed by atoms with van der Waals surface area (Å²) < 4.78 is 45.0. The van der Waals surface area contributed by atoms with Crippen LogP contribution in [0.25, 0.3) is 0 Å². The summed E-state index contributed by atoms with van der Waals surface area (Å²) in [7, 11) is -2.43. The van der Waals surface area contributed by atoms with E-state index in [1.165, 1.54) is 14.0 Å². The summed E-state index contributed by atoms with van der Waals surface area (Å²) in [4.78, 5) is 0. The van der Waals surface area contributed by atoms with Gasteiger partial charge in [0.1, 0.15) is 12.7 Å². The zero-order valence-electron chi connectivity index (χ0n) is 9.94. The lowest BCUT2D eigenvalue weighted by Gasteiger charge is -2.36. The van der Waals surface area contributed by atoms with Crippen molar-refractivity contribution in [1.29, 1.82) is 0 Å². The highest BCUT2D eigenvalue weighted by molar-refractivity contribution is 7.48. The van der Waals surface area contributed by atoms with Crippen molar-refractivity contribution in [3.8, 4) is 0 Å². The maximum absolute atomic E-state index is 13.8. The molecule has 0 aliphatic carbocycles. The molecule has 1 heterocycles. The first kappa shape index (κ1) is 14.1. The number of hydrogen-bond donors (Lipinski definition) is 0. The maximum Gasteiger partial charge on any atom is 0.475 e. The zero-order valence-corrected chi connectivity index (χ0v) is 10.8. The van der Waals surface area contributed by atoms with Gasteiger partial charge in [-0.15, -0.1) is 0 Å². The van der Waals surface area contributed by atoms with E-state index in [1.807, 2.05) is 13.8 Å². The van der Waals surface area contributed by atoms with E-state index in [1.54, 1.807) is 0 Å². The van der Waals surface area contributed by atoms with Crippen molar-refractivity contribution >= 4 is 7.82 Å². The molecule has 96 valence electrons. The molecule has 7 heteroatoms. The van der Waals surface area contributed by atoms with Crippen LogP contribution in [0, 0.1) is 5.92 Å². The molecule has 1 saturated heterocycles. The summed E-state index contributed by atoms with van der Waals surface area (Å²) >= 11 is 0. The Morgan fingerprint density at radius 2 is 2.25 bits per heavy atom. The van der Waals surface area contributed by atoms with Gasteiger partial charge in [-0.2, -0.15) is 0 Å². The van der Waals surface area contributed by atoms with E-state index < -0.39 is 26.4 Å². The minimum Gasteiger partial charge on any atom is -0.345 e. The van der Waals surface area contributed by atoms with E-state index in [-0.39, 0.29) is 12.5 Å². The number of hydrogen-bond acceptors (Lipinski definition) is 5. The molecule has 0 amide bonds. The second-order valence-corrected chi connectivity index (χ2v) is 5.77. The third kappa shape index (κ3) is 3.25. The van der Waals surface area contributed by atoms with E-state index in [0.717, 1.165) is 0 Å². The van der Waals surface area contributed by atoms with Gasteiger partial charge in [0.15, 0.2) is 0 Å². The van der Waals surface area contributed by atoms with Gasteiger partial charge in [-0.25, -0.2) is 8.96 Å². The molecule has 0 spiro atoms. The minimum absolute atomic E-state index is 0.188. The molecular formula is C9H18FO5P. The summed E-state index contributed by atoms with van der Waals surface area (Å²) in [6.07, 6.45) is -0.996. The highest BCUT2D eigenvalue weighted by Crippen LogP contribution is 2.56. The normalized spacial score (nSPS) is 40.2. The Hall–Kier alpha value is -0.0000000000000000416. The Bertz CT molecular complexity index is 285. The Labute approximate surface area is 94.8 Å². The van der Waals surface area contributed by atoms with Crippen LogP contribution in [-0.4, -0.2) is 32.3 Å². The number of phosphoric ester groups is 1. The third-order valence-corrected chi connectivity index (χ3v) is 3.70. The topological polar surface area (TPSA) is 54.0 Å². The van der Waals surface area contributed by atoms with Crippen molar-refractivity contribution in [2.75, 3.05) is 20.3 Å². The molecule has 16 heavy (non-hydrogen) atoms. The van der Waals surface area contributed by atoms with E-state index in [4.69, 9.17) is 13.6 Å². The van der Waals surface area contributed by atoms with Gasteiger partial charge in [0.25, 0.3) is 5.85 Å². The third-order valence-electron chi connectivity index (χ3n) is 2.22. The molecule has 0 aromatic rings. The van der Waals surface area contributed by atoms with Crippen LogP contribution in [0.4, 0.5) is 4.39 Å². The standard InChI is InChI=1S/C9H18FO5P/c1-7(2)5-13-16(11)14-6-9(10,12-4)8(3)15-16/h7-8H,5-6H2,1-4H3/t8-,9+,16?/m0/s1. The van der Waals surface area contributed by atoms with Crippen LogP contribution in [0.15, 0.2) is 0 Å². The number of alkyl halides is 1. The predicted molar refractivity (Wildman–Crippen MR) is 55.7 cm³/mol. The van der Waals surface area contributed by atoms with Crippen LogP contribution in [0.2, 0.25) is 0 Å². The summed E-state index contributed by atoms with van der Waals surface area (Å²) in [6, 6.07) is 0. The zero-order chi connectivity index (χ0) is 12.4. The molecule has 0 N–H and O–H groups in total. The SMILES string of the molecule is CO[C@]1(F)COP(=O)(OCC(C)C)O[C@H]1C. The van der Waals surface area contributed by atoms with Gasteiger partial charge in [-0.05, 0) is 12.8 Å². The molecule has 0 bridgehead atoms. The first-order chi connectivity index (χ1) is 7.31. The van der Waals surface area contributed by atoms with Crippen molar-refractivity contribution in [3.05, 3.63) is 0 Å². The van der Waals surface area contributed by atoms with Gasteiger partial charge in [0.2, 0.25) is 0 Å². The number of methoxy groups -OCH3 is 1. The lowest BCUT2D eigenvalue weighted by atomic mass is 10.2. The number of rotatable bonds is 4. The Morgan fingerprint density at radius 3 is 2.69 bits per heavy atom. The smallest absolute Gasteiger partial charge is 0.345 e. The average Bonchev–Trinajstić information content (AvgIpc) is 2.22. The van der Waals surface area contributed by atoms with Crippen LogP contribution >= 0.6 is 7.82 Å². The summed E-state index contributed by atoms with van der Waals surface area (Å²) in [5.74, 6) is -1.89. The Kier molecular flexibility index (Phi) is 4.49. The van der Waals surface area contributed by atoms with Crippen molar-refractivity contribution in [3.63, 3.8) is 0 Å². The van der Waals surface area contributed by atoms with E-state index >= 15 is 0 Å². The van der Waals surface area contributed by atoms with Crippen LogP contribution < -0.4 is 0 Å². The molecule has 3 atom stereocenters. The molecule has 1 rings (SSSR count). The summed E-state index contributed by atoms with van der Waals surface area (Å²) in [6.45, 7) is 5.00. The van der Waals surface area contributed by atoms with Crippen molar-refractivity contribution in [2.24, 2.45) is 5.92 Å². The van der Waals surface area contributed by atoms with Gasteiger partial charge in [-0.1, -0.05) is 13.8 Å². The van der Waals surface area contributed by atoms with Crippen LogP contribution in [0.3, 0.4) is 0 Å². The molecule has 0 aromatic carbocycles. The number of phosphoric acid groups is 1. The molecular weight excluding hydrogens is 238 g/mol. The lowest BCUT2D eigenvalue weighted by Crippen LogP contribution is -2.46. The fourth-order valence-corrected chi connectivity index (χ4v) is 2.68. The lowest BCUT2D eigenvalue weighted by molar-refractivity contribution is -0.222. The second kappa shape index (κ2) is 5.10. The number of ether oxygens (including phenoxy) is 1. The largest absolute Gasteiger partial charge is 0.475 e. The van der Waals surface area contributed by atoms with Crippen LogP contribution in [0.1, 0.15) is 20.8 Å². The van der Waals surface area contributed by atoms with Crippen molar-refractivity contribution in [2.45, 2.75) is 32.7 Å². The molecule has 1 aliphatic rings. The highest BCUT2D eigenvalue weighted by atomic mass is 31.2. The first-order valence-electron chi connectivity index (χ1n) is 5.13. The fourth-order valence-electron chi connectivity index (χ4n) is 1.12. The van der Waals surface area contributed by atoms with E-state index in [9.17, 15) is 8.96 Å². The minimum atomic E-state index is -3.64. The fraction of sp³-hybridized carbons (Fsp3) is 1.00. The van der Waals surface area contributed by atoms with Gasteiger partial charge < -0.3 is 4.74 Å². The van der Waals surface area contributed by atoms with Crippen LogP contribution in [-0.2, 0) is 22.9 Å². The Balaban J connectivity index is 2.59. The van der Waals surface area contributed by atoms with Crippen LogP contribution in [0.5, 0.6) is 0 Å². The van der Waals surface area contributed by atoms with Crippen molar-refractivity contribution in [1.82, 2.24) is 0 Å². The van der Waals surface area contributed by atoms with Gasteiger partial charge in [0, 0.05) is 7.11 Å². The molecule has 0 aromatic heterocycles. The second-order valence-electron chi connectivity index (χ2n) is 4.15.